The number of aryl methyl sites for hydroxylation is 1. The molecule has 0 aliphatic heterocycles. The Bertz CT molecular complexity index is 340. The number of hydrogen-bond acceptors (Lipinski definition) is 2. The second-order valence-corrected chi connectivity index (χ2v) is 5.10. The van der Waals surface area contributed by atoms with Gasteiger partial charge in [-0.25, -0.2) is 0 Å². The third kappa shape index (κ3) is 1.93. The topological polar surface area (TPSA) is 46.2 Å². The predicted octanol–water partition coefficient (Wildman–Crippen LogP) is 2.97. The zero-order chi connectivity index (χ0) is 11.1. The van der Waals surface area contributed by atoms with Gasteiger partial charge in [-0.15, -0.1) is 0 Å². The fourth-order valence-corrected chi connectivity index (χ4v) is 2.19. The molecule has 0 saturated carbocycles. The average molecular weight is 258 g/mol. The number of halogens is 1. The maximum atomic E-state index is 9.91. The van der Waals surface area contributed by atoms with Gasteiger partial charge in [0, 0.05) is 11.1 Å². The molecule has 3 heteroatoms. The van der Waals surface area contributed by atoms with Crippen LogP contribution in [0.3, 0.4) is 0 Å². The molecule has 78 valence electrons. The molecule has 3 N–H and O–H groups in total. The second-order valence-electron chi connectivity index (χ2n) is 4.25. The Hall–Kier alpha value is -0.540. The smallest absolute Gasteiger partial charge is 0.135 e. The molecule has 0 aliphatic rings. The number of aromatic hydroxyl groups is 1. The van der Waals surface area contributed by atoms with Crippen LogP contribution in [0.2, 0.25) is 0 Å². The Morgan fingerprint density at radius 2 is 1.86 bits per heavy atom. The summed E-state index contributed by atoms with van der Waals surface area (Å²) in [6.45, 7) is 7.77. The Kier molecular flexibility index (Phi) is 2.93. The molecule has 0 spiro atoms. The summed E-state index contributed by atoms with van der Waals surface area (Å²) in [6, 6.07) is 1.90. The van der Waals surface area contributed by atoms with Gasteiger partial charge in [-0.2, -0.15) is 0 Å². The average Bonchev–Trinajstić information content (AvgIpc) is 1.98. The van der Waals surface area contributed by atoms with Gasteiger partial charge in [0.05, 0.1) is 4.47 Å². The van der Waals surface area contributed by atoms with Crippen LogP contribution in [0.1, 0.15) is 30.5 Å². The molecule has 0 bridgehead atoms. The van der Waals surface area contributed by atoms with Crippen molar-refractivity contribution in [3.63, 3.8) is 0 Å². The van der Waals surface area contributed by atoms with Crippen molar-refractivity contribution in [1.29, 1.82) is 0 Å². The molecule has 1 aromatic rings. The Labute approximate surface area is 93.3 Å². The summed E-state index contributed by atoms with van der Waals surface area (Å²) in [5.74, 6) is 0.251. The van der Waals surface area contributed by atoms with Gasteiger partial charge < -0.3 is 10.8 Å². The van der Waals surface area contributed by atoms with Crippen LogP contribution in [0.5, 0.6) is 5.75 Å². The quantitative estimate of drug-likeness (QED) is 0.813. The molecule has 0 radical (unpaired) electrons. The van der Waals surface area contributed by atoms with Crippen LogP contribution in [-0.2, 0) is 5.54 Å². The molecule has 0 heterocycles. The molecule has 1 rings (SSSR count). The van der Waals surface area contributed by atoms with Crippen LogP contribution in [0.15, 0.2) is 10.5 Å². The molecule has 0 amide bonds. The summed E-state index contributed by atoms with van der Waals surface area (Å²) < 4.78 is 0.703. The molecule has 1 aromatic carbocycles. The SMILES string of the molecule is Cc1cc(Br)c(O)c(C(C)(C)N)c1C. The van der Waals surface area contributed by atoms with E-state index in [1.807, 2.05) is 33.8 Å². The molecule has 0 unspecified atom stereocenters. The number of phenols is 1. The number of rotatable bonds is 1. The van der Waals surface area contributed by atoms with Gasteiger partial charge in [0.2, 0.25) is 0 Å². The molecule has 14 heavy (non-hydrogen) atoms. The van der Waals surface area contributed by atoms with E-state index < -0.39 is 5.54 Å². The van der Waals surface area contributed by atoms with Gasteiger partial charge in [0.15, 0.2) is 0 Å². The summed E-state index contributed by atoms with van der Waals surface area (Å²) in [5, 5.41) is 9.91. The van der Waals surface area contributed by atoms with Gasteiger partial charge in [-0.05, 0) is 60.8 Å². The van der Waals surface area contributed by atoms with E-state index >= 15 is 0 Å². The van der Waals surface area contributed by atoms with E-state index in [9.17, 15) is 5.11 Å². The highest BCUT2D eigenvalue weighted by Crippen LogP contribution is 2.37. The lowest BCUT2D eigenvalue weighted by Gasteiger charge is -2.24. The number of nitrogens with two attached hydrogens (primary N) is 1. The third-order valence-corrected chi connectivity index (χ3v) is 3.02. The van der Waals surface area contributed by atoms with Crippen LogP contribution in [0, 0.1) is 13.8 Å². The van der Waals surface area contributed by atoms with Crippen molar-refractivity contribution in [2.45, 2.75) is 33.2 Å². The summed E-state index contributed by atoms with van der Waals surface area (Å²) in [4.78, 5) is 0. The van der Waals surface area contributed by atoms with Gasteiger partial charge >= 0.3 is 0 Å². The van der Waals surface area contributed by atoms with Crippen LogP contribution in [-0.4, -0.2) is 5.11 Å². The molecule has 0 fully saturated rings. The zero-order valence-corrected chi connectivity index (χ0v) is 10.6. The lowest BCUT2D eigenvalue weighted by atomic mass is 9.88. The maximum Gasteiger partial charge on any atom is 0.135 e. The number of hydrogen-bond donors (Lipinski definition) is 2. The van der Waals surface area contributed by atoms with Crippen molar-refractivity contribution in [3.05, 3.63) is 27.2 Å². The first-order valence-electron chi connectivity index (χ1n) is 4.53. The van der Waals surface area contributed by atoms with Crippen molar-refractivity contribution in [2.75, 3.05) is 0 Å². The van der Waals surface area contributed by atoms with Crippen LogP contribution in [0.4, 0.5) is 0 Å². The van der Waals surface area contributed by atoms with E-state index in [4.69, 9.17) is 5.73 Å². The van der Waals surface area contributed by atoms with Crippen molar-refractivity contribution in [2.24, 2.45) is 5.73 Å². The van der Waals surface area contributed by atoms with Crippen molar-refractivity contribution in [1.82, 2.24) is 0 Å². The zero-order valence-electron chi connectivity index (χ0n) is 8.98. The Morgan fingerprint density at radius 3 is 2.29 bits per heavy atom. The Balaban J connectivity index is 3.56. The Morgan fingerprint density at radius 1 is 1.36 bits per heavy atom. The van der Waals surface area contributed by atoms with E-state index in [2.05, 4.69) is 15.9 Å². The van der Waals surface area contributed by atoms with E-state index in [0.717, 1.165) is 16.7 Å². The van der Waals surface area contributed by atoms with Crippen LogP contribution in [0.25, 0.3) is 0 Å². The predicted molar refractivity (Wildman–Crippen MR) is 62.5 cm³/mol. The van der Waals surface area contributed by atoms with Crippen molar-refractivity contribution >= 4 is 15.9 Å². The molecular weight excluding hydrogens is 242 g/mol. The maximum absolute atomic E-state index is 9.91. The van der Waals surface area contributed by atoms with Crippen molar-refractivity contribution in [3.8, 4) is 5.75 Å². The summed E-state index contributed by atoms with van der Waals surface area (Å²) in [6.07, 6.45) is 0. The molecule has 2 nitrogen and oxygen atoms in total. The monoisotopic (exact) mass is 257 g/mol. The number of benzene rings is 1. The van der Waals surface area contributed by atoms with Gasteiger partial charge in [-0.3, -0.25) is 0 Å². The second kappa shape index (κ2) is 3.55. The van der Waals surface area contributed by atoms with Crippen LogP contribution >= 0.6 is 15.9 Å². The first-order valence-corrected chi connectivity index (χ1v) is 5.32. The van der Waals surface area contributed by atoms with E-state index in [0.29, 0.717) is 4.47 Å². The molecule has 0 atom stereocenters. The summed E-state index contributed by atoms with van der Waals surface area (Å²) >= 11 is 3.32. The third-order valence-electron chi connectivity index (χ3n) is 2.42. The molecule has 0 aliphatic carbocycles. The number of phenolic OH excluding ortho intramolecular Hbond substituents is 1. The van der Waals surface area contributed by atoms with Crippen LogP contribution < -0.4 is 5.73 Å². The summed E-state index contributed by atoms with van der Waals surface area (Å²) in [7, 11) is 0. The van der Waals surface area contributed by atoms with E-state index in [1.165, 1.54) is 0 Å². The van der Waals surface area contributed by atoms with Gasteiger partial charge in [0.25, 0.3) is 0 Å². The first-order chi connectivity index (χ1) is 6.25. The first kappa shape index (κ1) is 11.5. The highest BCUT2D eigenvalue weighted by Gasteiger charge is 2.23. The molecule has 0 saturated heterocycles. The minimum absolute atomic E-state index is 0.251. The fourth-order valence-electron chi connectivity index (χ4n) is 1.65. The van der Waals surface area contributed by atoms with E-state index in [1.54, 1.807) is 0 Å². The highest BCUT2D eigenvalue weighted by atomic mass is 79.9. The summed E-state index contributed by atoms with van der Waals surface area (Å²) in [5.41, 5.74) is 8.48. The minimum Gasteiger partial charge on any atom is -0.506 e. The van der Waals surface area contributed by atoms with Gasteiger partial charge in [-0.1, -0.05) is 0 Å². The lowest BCUT2D eigenvalue weighted by molar-refractivity contribution is 0.435. The molecular formula is C11H16BrNO. The normalized spacial score (nSPS) is 11.9. The lowest BCUT2D eigenvalue weighted by Crippen LogP contribution is -2.30. The minimum atomic E-state index is -0.525. The van der Waals surface area contributed by atoms with Crippen molar-refractivity contribution < 1.29 is 5.11 Å². The van der Waals surface area contributed by atoms with E-state index in [-0.39, 0.29) is 5.75 Å². The van der Waals surface area contributed by atoms with Gasteiger partial charge in [0.1, 0.15) is 5.75 Å². The molecule has 0 aromatic heterocycles. The highest BCUT2D eigenvalue weighted by molar-refractivity contribution is 9.10. The fraction of sp³-hybridized carbons (Fsp3) is 0.455. The largest absolute Gasteiger partial charge is 0.506 e. The standard InChI is InChI=1S/C11H16BrNO/c1-6-5-8(12)10(14)9(7(6)2)11(3,4)13/h5,14H,13H2,1-4H3.